The molecule has 20 heavy (non-hydrogen) atoms. The fourth-order valence-corrected chi connectivity index (χ4v) is 4.17. The zero-order chi connectivity index (χ0) is 14.6. The zero-order valence-corrected chi connectivity index (χ0v) is 12.5. The van der Waals surface area contributed by atoms with Gasteiger partial charge in [-0.2, -0.15) is 0 Å². The highest BCUT2D eigenvalue weighted by Gasteiger charge is 2.27. The molecule has 0 aliphatic carbocycles. The lowest BCUT2D eigenvalue weighted by atomic mass is 10.1. The Morgan fingerprint density at radius 3 is 2.80 bits per heavy atom. The van der Waals surface area contributed by atoms with Crippen LogP contribution in [-0.2, 0) is 14.6 Å². The van der Waals surface area contributed by atoms with Crippen LogP contribution in [0.3, 0.4) is 0 Å². The standard InChI is InChI=1S/C14H16ClNO3S/c15-13-4-2-1-3-12(13)5-6-14(17)16-9-11-7-8-20(18,19)10-11/h1-6,11H,7-10H2,(H,16,17). The van der Waals surface area contributed by atoms with Gasteiger partial charge in [-0.3, -0.25) is 4.79 Å². The Labute approximate surface area is 123 Å². The summed E-state index contributed by atoms with van der Waals surface area (Å²) in [5.74, 6) is 0.178. The highest BCUT2D eigenvalue weighted by Crippen LogP contribution is 2.18. The van der Waals surface area contributed by atoms with Crippen LogP contribution in [0.5, 0.6) is 0 Å². The molecule has 1 aromatic rings. The summed E-state index contributed by atoms with van der Waals surface area (Å²) in [6, 6.07) is 7.23. The molecule has 0 aromatic heterocycles. The van der Waals surface area contributed by atoms with Crippen LogP contribution in [0.15, 0.2) is 30.3 Å². The summed E-state index contributed by atoms with van der Waals surface area (Å²) < 4.78 is 22.6. The van der Waals surface area contributed by atoms with E-state index in [1.807, 2.05) is 18.2 Å². The number of halogens is 1. The van der Waals surface area contributed by atoms with Crippen LogP contribution in [-0.4, -0.2) is 32.4 Å². The summed E-state index contributed by atoms with van der Waals surface area (Å²) in [4.78, 5) is 11.7. The summed E-state index contributed by atoms with van der Waals surface area (Å²) in [6.07, 6.45) is 3.67. The van der Waals surface area contributed by atoms with Crippen molar-refractivity contribution in [2.24, 2.45) is 5.92 Å². The van der Waals surface area contributed by atoms with E-state index in [0.29, 0.717) is 18.0 Å². The molecule has 0 bridgehead atoms. The van der Waals surface area contributed by atoms with Crippen molar-refractivity contribution in [2.75, 3.05) is 18.1 Å². The third-order valence-corrected chi connectivity index (χ3v) is 5.39. The molecule has 1 amide bonds. The topological polar surface area (TPSA) is 63.2 Å². The highest BCUT2D eigenvalue weighted by molar-refractivity contribution is 7.91. The molecule has 1 heterocycles. The van der Waals surface area contributed by atoms with Gasteiger partial charge in [0.15, 0.2) is 9.84 Å². The largest absolute Gasteiger partial charge is 0.352 e. The van der Waals surface area contributed by atoms with Crippen molar-refractivity contribution in [1.29, 1.82) is 0 Å². The minimum atomic E-state index is -2.89. The maximum absolute atomic E-state index is 11.7. The number of benzene rings is 1. The van der Waals surface area contributed by atoms with E-state index in [4.69, 9.17) is 11.6 Å². The molecular weight excluding hydrogens is 298 g/mol. The fourth-order valence-electron chi connectivity index (χ4n) is 2.11. The molecule has 1 aliphatic heterocycles. The quantitative estimate of drug-likeness (QED) is 0.864. The summed E-state index contributed by atoms with van der Waals surface area (Å²) >= 11 is 5.97. The Hall–Kier alpha value is -1.33. The first-order valence-electron chi connectivity index (χ1n) is 6.37. The van der Waals surface area contributed by atoms with Gasteiger partial charge in [0.1, 0.15) is 0 Å². The molecule has 6 heteroatoms. The molecule has 108 valence electrons. The van der Waals surface area contributed by atoms with Crippen molar-refractivity contribution >= 4 is 33.4 Å². The van der Waals surface area contributed by atoms with Crippen LogP contribution in [0.4, 0.5) is 0 Å². The van der Waals surface area contributed by atoms with Crippen molar-refractivity contribution in [3.8, 4) is 0 Å². The van der Waals surface area contributed by atoms with Crippen LogP contribution in [0.1, 0.15) is 12.0 Å². The van der Waals surface area contributed by atoms with Gasteiger partial charge >= 0.3 is 0 Å². The zero-order valence-electron chi connectivity index (χ0n) is 10.9. The lowest BCUT2D eigenvalue weighted by Gasteiger charge is -2.07. The van der Waals surface area contributed by atoms with Crippen LogP contribution in [0.2, 0.25) is 5.02 Å². The average molecular weight is 314 g/mol. The SMILES string of the molecule is O=C(C=Cc1ccccc1Cl)NCC1CCS(=O)(=O)C1. The molecule has 1 unspecified atom stereocenters. The van der Waals surface area contributed by atoms with Gasteiger partial charge in [0.2, 0.25) is 5.91 Å². The predicted molar refractivity (Wildman–Crippen MR) is 80.3 cm³/mol. The number of nitrogens with one attached hydrogen (secondary N) is 1. The van der Waals surface area contributed by atoms with Crippen molar-refractivity contribution in [3.63, 3.8) is 0 Å². The van der Waals surface area contributed by atoms with Crippen molar-refractivity contribution in [2.45, 2.75) is 6.42 Å². The Kier molecular flexibility index (Phi) is 4.83. The summed E-state index contributed by atoms with van der Waals surface area (Å²) in [7, 11) is -2.89. The second kappa shape index (κ2) is 6.41. The van der Waals surface area contributed by atoms with Gasteiger partial charge < -0.3 is 5.32 Å². The van der Waals surface area contributed by atoms with Crippen molar-refractivity contribution < 1.29 is 13.2 Å². The van der Waals surface area contributed by atoms with E-state index in [2.05, 4.69) is 5.32 Å². The van der Waals surface area contributed by atoms with Crippen LogP contribution < -0.4 is 5.32 Å². The smallest absolute Gasteiger partial charge is 0.244 e. The van der Waals surface area contributed by atoms with Gasteiger partial charge in [-0.1, -0.05) is 29.8 Å². The van der Waals surface area contributed by atoms with Gasteiger partial charge in [0.25, 0.3) is 0 Å². The summed E-state index contributed by atoms with van der Waals surface area (Å²) in [5, 5.41) is 3.30. The van der Waals surface area contributed by atoms with Gasteiger partial charge in [0.05, 0.1) is 11.5 Å². The third kappa shape index (κ3) is 4.35. The van der Waals surface area contributed by atoms with Crippen LogP contribution in [0.25, 0.3) is 6.08 Å². The first kappa shape index (κ1) is 15.1. The second-order valence-electron chi connectivity index (χ2n) is 4.87. The molecule has 4 nitrogen and oxygen atoms in total. The molecule has 2 rings (SSSR count). The van der Waals surface area contributed by atoms with Gasteiger partial charge in [-0.15, -0.1) is 0 Å². The minimum absolute atomic E-state index is 0.0256. The molecule has 0 spiro atoms. The molecule has 1 aliphatic rings. The number of carbonyl (C=O) groups is 1. The van der Waals surface area contributed by atoms with E-state index < -0.39 is 9.84 Å². The number of hydrogen-bond acceptors (Lipinski definition) is 3. The predicted octanol–water partition coefficient (Wildman–Crippen LogP) is 1.90. The van der Waals surface area contributed by atoms with E-state index in [1.165, 1.54) is 6.08 Å². The Morgan fingerprint density at radius 1 is 1.40 bits per heavy atom. The van der Waals surface area contributed by atoms with Crippen molar-refractivity contribution in [3.05, 3.63) is 40.9 Å². The maximum atomic E-state index is 11.7. The van der Waals surface area contributed by atoms with Gasteiger partial charge in [0, 0.05) is 17.6 Å². The molecule has 1 N–H and O–H groups in total. The first-order chi connectivity index (χ1) is 9.46. The normalized spacial score (nSPS) is 21.1. The Balaban J connectivity index is 1.83. The van der Waals surface area contributed by atoms with Crippen LogP contribution in [0, 0.1) is 5.92 Å². The van der Waals surface area contributed by atoms with E-state index in [9.17, 15) is 13.2 Å². The highest BCUT2D eigenvalue weighted by atomic mass is 35.5. The molecule has 1 saturated heterocycles. The molecule has 1 fully saturated rings. The maximum Gasteiger partial charge on any atom is 0.244 e. The molecule has 0 radical (unpaired) electrons. The summed E-state index contributed by atoms with van der Waals surface area (Å²) in [6.45, 7) is 0.394. The number of carbonyl (C=O) groups excluding carboxylic acids is 1. The van der Waals surface area contributed by atoms with Gasteiger partial charge in [-0.05, 0) is 30.0 Å². The van der Waals surface area contributed by atoms with E-state index in [-0.39, 0.29) is 23.3 Å². The Bertz CT molecular complexity index is 625. The number of sulfone groups is 1. The lowest BCUT2D eigenvalue weighted by molar-refractivity contribution is -0.116. The minimum Gasteiger partial charge on any atom is -0.352 e. The number of hydrogen-bond donors (Lipinski definition) is 1. The van der Waals surface area contributed by atoms with Crippen LogP contribution >= 0.6 is 11.6 Å². The summed E-state index contributed by atoms with van der Waals surface area (Å²) in [5.41, 5.74) is 0.771. The Morgan fingerprint density at radius 2 is 2.15 bits per heavy atom. The fraction of sp³-hybridized carbons (Fsp3) is 0.357. The average Bonchev–Trinajstić information content (AvgIpc) is 2.75. The number of rotatable bonds is 4. The monoisotopic (exact) mass is 313 g/mol. The van der Waals surface area contributed by atoms with Crippen molar-refractivity contribution in [1.82, 2.24) is 5.32 Å². The molecular formula is C14H16ClNO3S. The van der Waals surface area contributed by atoms with E-state index >= 15 is 0 Å². The lowest BCUT2D eigenvalue weighted by Crippen LogP contribution is -2.28. The first-order valence-corrected chi connectivity index (χ1v) is 8.57. The molecule has 1 aromatic carbocycles. The van der Waals surface area contributed by atoms with E-state index in [1.54, 1.807) is 12.1 Å². The van der Waals surface area contributed by atoms with E-state index in [0.717, 1.165) is 5.56 Å². The van der Waals surface area contributed by atoms with Gasteiger partial charge in [-0.25, -0.2) is 8.42 Å². The molecule has 0 saturated carbocycles. The number of amides is 1. The molecule has 1 atom stereocenters. The third-order valence-electron chi connectivity index (χ3n) is 3.21. The second-order valence-corrected chi connectivity index (χ2v) is 7.50.